The van der Waals surface area contributed by atoms with Gasteiger partial charge in [-0.1, -0.05) is 17.7 Å². The van der Waals surface area contributed by atoms with E-state index in [0.29, 0.717) is 0 Å². The summed E-state index contributed by atoms with van der Waals surface area (Å²) in [5.74, 6) is 0. The van der Waals surface area contributed by atoms with Crippen LogP contribution >= 0.6 is 0 Å². The van der Waals surface area contributed by atoms with Crippen LogP contribution in [0.25, 0.3) is 23.2 Å². The lowest BCUT2D eigenvalue weighted by atomic mass is 10.0. The smallest absolute Gasteiger partial charge is 0.0528 e. The fourth-order valence-electron chi connectivity index (χ4n) is 3.24. The zero-order valence-corrected chi connectivity index (χ0v) is 12.7. The van der Waals surface area contributed by atoms with Crippen LogP contribution in [0.5, 0.6) is 0 Å². The van der Waals surface area contributed by atoms with E-state index in [0.717, 1.165) is 25.1 Å². The van der Waals surface area contributed by atoms with E-state index in [2.05, 4.69) is 58.3 Å². The Bertz CT molecular complexity index is 844. The van der Waals surface area contributed by atoms with Crippen molar-refractivity contribution in [2.24, 2.45) is 0 Å². The number of nitrogens with zero attached hydrogens (tertiary/aromatic N) is 2. The molecule has 3 nitrogen and oxygen atoms in total. The molecular weight excluding hydrogens is 270 g/mol. The maximum Gasteiger partial charge on any atom is 0.0528 e. The Morgan fingerprint density at radius 2 is 2.23 bits per heavy atom. The molecular formula is C19H19N3. The molecule has 110 valence electrons. The summed E-state index contributed by atoms with van der Waals surface area (Å²) in [4.78, 5) is 4.18. The number of hydrogen-bond acceptors (Lipinski definition) is 2. The predicted octanol–water partition coefficient (Wildman–Crippen LogP) is 3.62. The SMILES string of the molecule is Cc1ccc2c(c1)c1c(n2C=Cc2cccnc2)CCNC1. The van der Waals surface area contributed by atoms with Crippen LogP contribution in [0, 0.1) is 6.92 Å². The van der Waals surface area contributed by atoms with Crippen LogP contribution in [0.1, 0.15) is 22.4 Å². The Morgan fingerprint density at radius 1 is 1.27 bits per heavy atom. The molecule has 0 aliphatic carbocycles. The highest BCUT2D eigenvalue weighted by molar-refractivity contribution is 5.89. The van der Waals surface area contributed by atoms with Gasteiger partial charge < -0.3 is 9.88 Å². The number of hydrogen-bond donors (Lipinski definition) is 1. The molecule has 4 rings (SSSR count). The molecule has 1 aromatic carbocycles. The van der Waals surface area contributed by atoms with E-state index < -0.39 is 0 Å². The lowest BCUT2D eigenvalue weighted by Gasteiger charge is -2.15. The largest absolute Gasteiger partial charge is 0.320 e. The minimum absolute atomic E-state index is 0.961. The second kappa shape index (κ2) is 5.43. The van der Waals surface area contributed by atoms with Crippen LogP contribution in [0.2, 0.25) is 0 Å². The zero-order chi connectivity index (χ0) is 14.9. The molecule has 0 saturated carbocycles. The average Bonchev–Trinajstić information content (AvgIpc) is 2.87. The van der Waals surface area contributed by atoms with Gasteiger partial charge in [0.1, 0.15) is 0 Å². The van der Waals surface area contributed by atoms with Crippen LogP contribution in [-0.2, 0) is 13.0 Å². The third-order valence-electron chi connectivity index (χ3n) is 4.32. The first kappa shape index (κ1) is 13.3. The quantitative estimate of drug-likeness (QED) is 0.781. The Morgan fingerprint density at radius 3 is 3.09 bits per heavy atom. The highest BCUT2D eigenvalue weighted by Gasteiger charge is 2.18. The Balaban J connectivity index is 1.88. The van der Waals surface area contributed by atoms with Gasteiger partial charge in [0.2, 0.25) is 0 Å². The van der Waals surface area contributed by atoms with Gasteiger partial charge in [-0.05, 0) is 42.3 Å². The van der Waals surface area contributed by atoms with Gasteiger partial charge in [0, 0.05) is 49.2 Å². The number of aromatic nitrogens is 2. The Hall–Kier alpha value is -2.39. The number of rotatable bonds is 2. The van der Waals surface area contributed by atoms with Crippen molar-refractivity contribution >= 4 is 23.2 Å². The highest BCUT2D eigenvalue weighted by Crippen LogP contribution is 2.30. The third-order valence-corrected chi connectivity index (χ3v) is 4.32. The van der Waals surface area contributed by atoms with Gasteiger partial charge in [-0.2, -0.15) is 0 Å². The number of aryl methyl sites for hydroxylation is 1. The average molecular weight is 289 g/mol. The van der Waals surface area contributed by atoms with Gasteiger partial charge >= 0.3 is 0 Å². The van der Waals surface area contributed by atoms with Gasteiger partial charge in [0.05, 0.1) is 5.52 Å². The van der Waals surface area contributed by atoms with Crippen LogP contribution in [-0.4, -0.2) is 16.1 Å². The summed E-state index contributed by atoms with van der Waals surface area (Å²) in [5, 5.41) is 4.87. The molecule has 0 spiro atoms. The first-order valence-electron chi connectivity index (χ1n) is 7.74. The first-order chi connectivity index (χ1) is 10.8. The lowest BCUT2D eigenvalue weighted by Crippen LogP contribution is -2.24. The molecule has 2 aromatic heterocycles. The summed E-state index contributed by atoms with van der Waals surface area (Å²) < 4.78 is 2.35. The Kier molecular flexibility index (Phi) is 3.28. The van der Waals surface area contributed by atoms with Gasteiger partial charge in [-0.3, -0.25) is 4.98 Å². The van der Waals surface area contributed by atoms with Crippen molar-refractivity contribution in [3.63, 3.8) is 0 Å². The fraction of sp³-hybridized carbons (Fsp3) is 0.211. The van der Waals surface area contributed by atoms with Gasteiger partial charge in [0.15, 0.2) is 0 Å². The van der Waals surface area contributed by atoms with E-state index in [9.17, 15) is 0 Å². The highest BCUT2D eigenvalue weighted by atomic mass is 15.0. The van der Waals surface area contributed by atoms with Crippen LogP contribution < -0.4 is 5.32 Å². The molecule has 3 aromatic rings. The molecule has 1 aliphatic heterocycles. The van der Waals surface area contributed by atoms with Gasteiger partial charge in [0.25, 0.3) is 0 Å². The summed E-state index contributed by atoms with van der Waals surface area (Å²) in [6, 6.07) is 10.8. The van der Waals surface area contributed by atoms with Gasteiger partial charge in [-0.15, -0.1) is 0 Å². The summed E-state index contributed by atoms with van der Waals surface area (Å²) in [5.41, 5.74) is 6.60. The van der Waals surface area contributed by atoms with Crippen molar-refractivity contribution < 1.29 is 0 Å². The second-order valence-corrected chi connectivity index (χ2v) is 5.84. The molecule has 0 amide bonds. The molecule has 0 fully saturated rings. The van der Waals surface area contributed by atoms with Crippen molar-refractivity contribution in [1.82, 2.24) is 14.9 Å². The van der Waals surface area contributed by atoms with E-state index in [1.165, 1.54) is 27.7 Å². The maximum atomic E-state index is 4.18. The van der Waals surface area contributed by atoms with Crippen LogP contribution in [0.3, 0.4) is 0 Å². The summed E-state index contributed by atoms with van der Waals surface area (Å²) in [7, 11) is 0. The van der Waals surface area contributed by atoms with Crippen LogP contribution in [0.4, 0.5) is 0 Å². The van der Waals surface area contributed by atoms with Crippen LogP contribution in [0.15, 0.2) is 42.7 Å². The molecule has 0 saturated heterocycles. The molecule has 3 heterocycles. The van der Waals surface area contributed by atoms with Crippen molar-refractivity contribution in [1.29, 1.82) is 0 Å². The standard InChI is InChI=1S/C19H19N3/c1-14-4-5-18-16(11-14)17-13-21-9-6-19(17)22(18)10-7-15-3-2-8-20-12-15/h2-5,7-8,10-12,21H,6,9,13H2,1H3. The summed E-state index contributed by atoms with van der Waals surface area (Å²) in [6.07, 6.45) is 9.08. The van der Waals surface area contributed by atoms with Crippen molar-refractivity contribution in [2.75, 3.05) is 6.54 Å². The van der Waals surface area contributed by atoms with E-state index in [-0.39, 0.29) is 0 Å². The normalized spacial score (nSPS) is 14.6. The maximum absolute atomic E-state index is 4.18. The lowest BCUT2D eigenvalue weighted by molar-refractivity contribution is 0.634. The number of pyridine rings is 1. The van der Waals surface area contributed by atoms with E-state index in [4.69, 9.17) is 0 Å². The van der Waals surface area contributed by atoms with Crippen molar-refractivity contribution in [2.45, 2.75) is 19.9 Å². The number of fused-ring (bicyclic) bond motifs is 3. The second-order valence-electron chi connectivity index (χ2n) is 5.84. The zero-order valence-electron chi connectivity index (χ0n) is 12.7. The van der Waals surface area contributed by atoms with Crippen molar-refractivity contribution in [3.05, 3.63) is 65.1 Å². The summed E-state index contributed by atoms with van der Waals surface area (Å²) in [6.45, 7) is 4.16. The topological polar surface area (TPSA) is 29.9 Å². The molecule has 0 atom stereocenters. The molecule has 0 radical (unpaired) electrons. The van der Waals surface area contributed by atoms with Gasteiger partial charge in [-0.25, -0.2) is 0 Å². The minimum atomic E-state index is 0.961. The fourth-order valence-corrected chi connectivity index (χ4v) is 3.24. The first-order valence-corrected chi connectivity index (χ1v) is 7.74. The molecule has 3 heteroatoms. The molecule has 1 aliphatic rings. The number of nitrogens with one attached hydrogen (secondary N) is 1. The third kappa shape index (κ3) is 2.24. The number of benzene rings is 1. The van der Waals surface area contributed by atoms with Crippen molar-refractivity contribution in [3.8, 4) is 0 Å². The monoisotopic (exact) mass is 289 g/mol. The molecule has 0 bridgehead atoms. The molecule has 1 N–H and O–H groups in total. The minimum Gasteiger partial charge on any atom is -0.320 e. The molecule has 0 unspecified atom stereocenters. The Labute approximate surface area is 130 Å². The van der Waals surface area contributed by atoms with E-state index >= 15 is 0 Å². The van der Waals surface area contributed by atoms with E-state index in [1.54, 1.807) is 6.20 Å². The molecule has 22 heavy (non-hydrogen) atoms. The van der Waals surface area contributed by atoms with E-state index in [1.807, 2.05) is 12.3 Å². The predicted molar refractivity (Wildman–Crippen MR) is 91.5 cm³/mol. The summed E-state index contributed by atoms with van der Waals surface area (Å²) >= 11 is 0.